The molecule has 2 unspecified atom stereocenters. The highest BCUT2D eigenvalue weighted by Gasteiger charge is 2.41. The van der Waals surface area contributed by atoms with Crippen molar-refractivity contribution >= 4 is 0 Å². The Balaban J connectivity index is 1.54. The third-order valence-electron chi connectivity index (χ3n) is 5.28. The first-order valence-corrected chi connectivity index (χ1v) is 7.85. The molecule has 3 rings (SSSR count). The fraction of sp³-hybridized carbons (Fsp3) is 1.00. The number of rotatable bonds is 3. The standard InChI is InChI=1S/C15H28N2O/c1-17(12-13-5-4-9-16-13)14-6-10-18-15(11-14)7-2-3-8-15/h13-14,16H,2-12H2,1H3. The van der Waals surface area contributed by atoms with Crippen LogP contribution in [0.5, 0.6) is 0 Å². The van der Waals surface area contributed by atoms with Crippen molar-refractivity contribution in [2.75, 3.05) is 26.7 Å². The van der Waals surface area contributed by atoms with E-state index in [2.05, 4.69) is 17.3 Å². The van der Waals surface area contributed by atoms with E-state index in [-0.39, 0.29) is 5.60 Å². The molecule has 2 heterocycles. The van der Waals surface area contributed by atoms with Crippen LogP contribution in [0.4, 0.5) is 0 Å². The second-order valence-electron chi connectivity index (χ2n) is 6.62. The zero-order valence-electron chi connectivity index (χ0n) is 11.8. The van der Waals surface area contributed by atoms with Gasteiger partial charge in [0.2, 0.25) is 0 Å². The Morgan fingerprint density at radius 2 is 2.06 bits per heavy atom. The molecule has 3 heteroatoms. The maximum absolute atomic E-state index is 6.13. The Morgan fingerprint density at radius 3 is 2.78 bits per heavy atom. The molecule has 0 bridgehead atoms. The van der Waals surface area contributed by atoms with Crippen molar-refractivity contribution in [3.05, 3.63) is 0 Å². The Hall–Kier alpha value is -0.120. The molecule has 2 atom stereocenters. The van der Waals surface area contributed by atoms with Gasteiger partial charge in [0.05, 0.1) is 5.60 Å². The van der Waals surface area contributed by atoms with Crippen molar-refractivity contribution in [1.29, 1.82) is 0 Å². The van der Waals surface area contributed by atoms with Crippen molar-refractivity contribution in [1.82, 2.24) is 10.2 Å². The lowest BCUT2D eigenvalue weighted by Crippen LogP contribution is -2.49. The Bertz CT molecular complexity index is 270. The number of nitrogens with one attached hydrogen (secondary N) is 1. The molecule has 0 aromatic heterocycles. The number of hydrogen-bond donors (Lipinski definition) is 1. The lowest BCUT2D eigenvalue weighted by Gasteiger charge is -2.42. The molecule has 2 saturated heterocycles. The summed E-state index contributed by atoms with van der Waals surface area (Å²) in [4.78, 5) is 2.60. The topological polar surface area (TPSA) is 24.5 Å². The minimum absolute atomic E-state index is 0.264. The Labute approximate surface area is 111 Å². The zero-order chi connectivity index (χ0) is 12.4. The molecule has 2 aliphatic heterocycles. The molecule has 1 spiro atoms. The van der Waals surface area contributed by atoms with Gasteiger partial charge in [-0.2, -0.15) is 0 Å². The molecule has 0 aromatic carbocycles. The number of ether oxygens (including phenoxy) is 1. The van der Waals surface area contributed by atoms with Crippen LogP contribution in [0.25, 0.3) is 0 Å². The van der Waals surface area contributed by atoms with Crippen LogP contribution >= 0.6 is 0 Å². The van der Waals surface area contributed by atoms with E-state index in [4.69, 9.17) is 4.74 Å². The maximum Gasteiger partial charge on any atom is 0.0697 e. The molecule has 0 radical (unpaired) electrons. The molecule has 0 aromatic rings. The second-order valence-corrected chi connectivity index (χ2v) is 6.62. The fourth-order valence-corrected chi connectivity index (χ4v) is 4.16. The van der Waals surface area contributed by atoms with Gasteiger partial charge in [0.15, 0.2) is 0 Å². The number of likely N-dealkylation sites (N-methyl/N-ethyl adjacent to an activating group) is 1. The lowest BCUT2D eigenvalue weighted by atomic mass is 9.88. The predicted octanol–water partition coefficient (Wildman–Crippen LogP) is 2.16. The summed E-state index contributed by atoms with van der Waals surface area (Å²) < 4.78 is 6.13. The summed E-state index contributed by atoms with van der Waals surface area (Å²) in [7, 11) is 2.32. The zero-order valence-corrected chi connectivity index (χ0v) is 11.8. The molecule has 0 amide bonds. The van der Waals surface area contributed by atoms with Gasteiger partial charge in [-0.25, -0.2) is 0 Å². The average molecular weight is 252 g/mol. The molecule has 1 N–H and O–H groups in total. The van der Waals surface area contributed by atoms with Gasteiger partial charge in [0, 0.05) is 25.2 Å². The van der Waals surface area contributed by atoms with E-state index in [1.54, 1.807) is 0 Å². The van der Waals surface area contributed by atoms with Crippen LogP contribution in [0.1, 0.15) is 51.4 Å². The van der Waals surface area contributed by atoms with E-state index in [9.17, 15) is 0 Å². The summed E-state index contributed by atoms with van der Waals surface area (Å²) in [6.07, 6.45) is 10.6. The van der Waals surface area contributed by atoms with Crippen LogP contribution in [-0.4, -0.2) is 49.3 Å². The summed E-state index contributed by atoms with van der Waals surface area (Å²) in [6.45, 7) is 3.42. The van der Waals surface area contributed by atoms with Crippen molar-refractivity contribution in [3.63, 3.8) is 0 Å². The first-order chi connectivity index (χ1) is 8.77. The predicted molar refractivity (Wildman–Crippen MR) is 73.8 cm³/mol. The van der Waals surface area contributed by atoms with Gasteiger partial charge in [0.25, 0.3) is 0 Å². The number of nitrogens with zero attached hydrogens (tertiary/aromatic N) is 1. The van der Waals surface area contributed by atoms with Gasteiger partial charge >= 0.3 is 0 Å². The molecule has 18 heavy (non-hydrogen) atoms. The van der Waals surface area contributed by atoms with E-state index in [1.807, 2.05) is 0 Å². The summed E-state index contributed by atoms with van der Waals surface area (Å²) >= 11 is 0. The molecule has 3 fully saturated rings. The fourth-order valence-electron chi connectivity index (χ4n) is 4.16. The lowest BCUT2D eigenvalue weighted by molar-refractivity contribution is -0.0992. The van der Waals surface area contributed by atoms with E-state index in [0.29, 0.717) is 0 Å². The average Bonchev–Trinajstić information content (AvgIpc) is 3.02. The maximum atomic E-state index is 6.13. The molecular formula is C15H28N2O. The van der Waals surface area contributed by atoms with Crippen LogP contribution in [-0.2, 0) is 4.74 Å². The van der Waals surface area contributed by atoms with Gasteiger partial charge in [-0.05, 0) is 52.1 Å². The summed E-state index contributed by atoms with van der Waals surface area (Å²) in [5.74, 6) is 0. The van der Waals surface area contributed by atoms with Crippen LogP contribution < -0.4 is 5.32 Å². The van der Waals surface area contributed by atoms with Crippen LogP contribution in [0.15, 0.2) is 0 Å². The van der Waals surface area contributed by atoms with E-state index in [1.165, 1.54) is 64.5 Å². The van der Waals surface area contributed by atoms with E-state index >= 15 is 0 Å². The van der Waals surface area contributed by atoms with Crippen molar-refractivity contribution in [3.8, 4) is 0 Å². The van der Waals surface area contributed by atoms with Gasteiger partial charge in [-0.15, -0.1) is 0 Å². The summed E-state index contributed by atoms with van der Waals surface area (Å²) in [6, 6.07) is 1.48. The molecule has 104 valence electrons. The molecule has 3 aliphatic rings. The minimum atomic E-state index is 0.264. The quantitative estimate of drug-likeness (QED) is 0.833. The van der Waals surface area contributed by atoms with Gasteiger partial charge in [-0.1, -0.05) is 12.8 Å². The van der Waals surface area contributed by atoms with Crippen LogP contribution in [0.2, 0.25) is 0 Å². The third-order valence-corrected chi connectivity index (χ3v) is 5.28. The monoisotopic (exact) mass is 252 g/mol. The van der Waals surface area contributed by atoms with Crippen LogP contribution in [0, 0.1) is 0 Å². The van der Waals surface area contributed by atoms with Crippen LogP contribution in [0.3, 0.4) is 0 Å². The summed E-state index contributed by atoms with van der Waals surface area (Å²) in [5.41, 5.74) is 0.264. The van der Waals surface area contributed by atoms with Crippen molar-refractivity contribution < 1.29 is 4.74 Å². The Morgan fingerprint density at radius 1 is 1.22 bits per heavy atom. The highest BCUT2D eigenvalue weighted by atomic mass is 16.5. The highest BCUT2D eigenvalue weighted by molar-refractivity contribution is 4.94. The van der Waals surface area contributed by atoms with Crippen molar-refractivity contribution in [2.24, 2.45) is 0 Å². The van der Waals surface area contributed by atoms with Gasteiger partial charge < -0.3 is 15.0 Å². The van der Waals surface area contributed by atoms with Gasteiger partial charge in [-0.3, -0.25) is 0 Å². The largest absolute Gasteiger partial charge is 0.375 e. The first kappa shape index (κ1) is 12.9. The molecule has 1 saturated carbocycles. The minimum Gasteiger partial charge on any atom is -0.375 e. The van der Waals surface area contributed by atoms with Gasteiger partial charge in [0.1, 0.15) is 0 Å². The SMILES string of the molecule is CN(CC1CCCN1)C1CCOC2(CCCC2)C1. The molecular weight excluding hydrogens is 224 g/mol. The third kappa shape index (κ3) is 2.73. The first-order valence-electron chi connectivity index (χ1n) is 7.85. The normalized spacial score (nSPS) is 35.7. The van der Waals surface area contributed by atoms with E-state index in [0.717, 1.165) is 18.7 Å². The second kappa shape index (κ2) is 5.48. The highest BCUT2D eigenvalue weighted by Crippen LogP contribution is 2.41. The molecule has 3 nitrogen and oxygen atoms in total. The van der Waals surface area contributed by atoms with Crippen molar-refractivity contribution in [2.45, 2.75) is 69.1 Å². The number of hydrogen-bond acceptors (Lipinski definition) is 3. The smallest absolute Gasteiger partial charge is 0.0697 e. The van der Waals surface area contributed by atoms with E-state index < -0.39 is 0 Å². The molecule has 1 aliphatic carbocycles. The summed E-state index contributed by atoms with van der Waals surface area (Å²) in [5, 5.41) is 3.61. The Kier molecular flexibility index (Phi) is 3.92.